The molecule has 1 saturated carbocycles. The third kappa shape index (κ3) is 4.00. The van der Waals surface area contributed by atoms with Crippen molar-refractivity contribution < 1.29 is 14.4 Å². The summed E-state index contributed by atoms with van der Waals surface area (Å²) in [6.45, 7) is 2.37. The Bertz CT molecular complexity index is 641. The molecule has 3 rings (SSSR count). The molecule has 6 nitrogen and oxygen atoms in total. The molecule has 1 heterocycles. The third-order valence-corrected chi connectivity index (χ3v) is 5.17. The van der Waals surface area contributed by atoms with Crippen molar-refractivity contribution in [1.29, 1.82) is 0 Å². The quantitative estimate of drug-likeness (QED) is 0.893. The average molecular weight is 343 g/mol. The number of rotatable bonds is 5. The lowest BCUT2D eigenvalue weighted by molar-refractivity contribution is -0.137. The van der Waals surface area contributed by atoms with E-state index in [0.717, 1.165) is 31.2 Å². The van der Waals surface area contributed by atoms with Crippen molar-refractivity contribution in [2.75, 3.05) is 13.1 Å². The summed E-state index contributed by atoms with van der Waals surface area (Å²) < 4.78 is 0. The molecule has 4 amide bonds. The molecule has 1 N–H and O–H groups in total. The summed E-state index contributed by atoms with van der Waals surface area (Å²) in [5.41, 5.74) is 1.10. The van der Waals surface area contributed by atoms with Crippen LogP contribution in [-0.2, 0) is 9.59 Å². The van der Waals surface area contributed by atoms with Gasteiger partial charge < -0.3 is 9.80 Å². The predicted molar refractivity (Wildman–Crippen MR) is 93.7 cm³/mol. The number of hydrogen-bond donors (Lipinski definition) is 1. The van der Waals surface area contributed by atoms with Gasteiger partial charge in [-0.15, -0.1) is 0 Å². The molecular weight excluding hydrogens is 318 g/mol. The zero-order valence-corrected chi connectivity index (χ0v) is 14.6. The van der Waals surface area contributed by atoms with Crippen LogP contribution in [0.4, 0.5) is 4.79 Å². The maximum Gasteiger partial charge on any atom is 0.324 e. The number of nitrogens with one attached hydrogen (secondary N) is 1. The number of carbonyl (C=O) groups excluding carboxylic acids is 3. The molecule has 1 aliphatic heterocycles. The van der Waals surface area contributed by atoms with Crippen molar-refractivity contribution in [1.82, 2.24) is 15.1 Å². The van der Waals surface area contributed by atoms with Gasteiger partial charge >= 0.3 is 6.03 Å². The van der Waals surface area contributed by atoms with Crippen LogP contribution in [0.3, 0.4) is 0 Å². The molecule has 0 bridgehead atoms. The number of nitrogens with zero attached hydrogens (tertiary/aromatic N) is 2. The highest BCUT2D eigenvalue weighted by atomic mass is 16.2. The van der Waals surface area contributed by atoms with Crippen molar-refractivity contribution in [2.24, 2.45) is 0 Å². The van der Waals surface area contributed by atoms with Crippen molar-refractivity contribution in [3.8, 4) is 0 Å². The maximum atomic E-state index is 13.1. The molecule has 0 unspecified atom stereocenters. The van der Waals surface area contributed by atoms with Gasteiger partial charge in [0.1, 0.15) is 6.54 Å². The Kier molecular flexibility index (Phi) is 5.36. The Morgan fingerprint density at radius 1 is 1.24 bits per heavy atom. The number of hydrogen-bond acceptors (Lipinski definition) is 3. The van der Waals surface area contributed by atoms with Crippen molar-refractivity contribution >= 4 is 17.8 Å². The van der Waals surface area contributed by atoms with Crippen LogP contribution in [-0.4, -0.2) is 46.8 Å². The molecule has 2 fully saturated rings. The van der Waals surface area contributed by atoms with Gasteiger partial charge in [0.2, 0.25) is 11.8 Å². The summed E-state index contributed by atoms with van der Waals surface area (Å²) in [6.07, 6.45) is 4.53. The molecule has 1 aliphatic carbocycles. The minimum atomic E-state index is -0.469. The first-order valence-corrected chi connectivity index (χ1v) is 9.01. The Hall–Kier alpha value is -2.37. The van der Waals surface area contributed by atoms with Crippen LogP contribution in [0.25, 0.3) is 0 Å². The Morgan fingerprint density at radius 3 is 2.56 bits per heavy atom. The van der Waals surface area contributed by atoms with E-state index in [1.807, 2.05) is 42.2 Å². The van der Waals surface area contributed by atoms with Crippen LogP contribution in [0, 0.1) is 0 Å². The first-order valence-electron chi connectivity index (χ1n) is 9.01. The number of carbonyl (C=O) groups is 3. The first-order chi connectivity index (χ1) is 12.1. The Labute approximate surface area is 148 Å². The van der Waals surface area contributed by atoms with Gasteiger partial charge in [0, 0.05) is 19.0 Å². The van der Waals surface area contributed by atoms with Gasteiger partial charge in [0.05, 0.1) is 6.04 Å². The average Bonchev–Trinajstić information content (AvgIpc) is 3.12. The van der Waals surface area contributed by atoms with Gasteiger partial charge in [-0.05, 0) is 25.3 Å². The van der Waals surface area contributed by atoms with Gasteiger partial charge in [0.15, 0.2) is 0 Å². The van der Waals surface area contributed by atoms with Crippen molar-refractivity contribution in [2.45, 2.75) is 51.1 Å². The summed E-state index contributed by atoms with van der Waals surface area (Å²) in [4.78, 5) is 39.7. The lowest BCUT2D eigenvalue weighted by atomic mass is 10.0. The molecule has 0 spiro atoms. The van der Waals surface area contributed by atoms with Crippen LogP contribution in [0.1, 0.15) is 50.6 Å². The predicted octanol–water partition coefficient (Wildman–Crippen LogP) is 2.46. The van der Waals surface area contributed by atoms with E-state index in [0.29, 0.717) is 6.54 Å². The van der Waals surface area contributed by atoms with E-state index >= 15 is 0 Å². The lowest BCUT2D eigenvalue weighted by Crippen LogP contribution is -2.54. The van der Waals surface area contributed by atoms with Gasteiger partial charge in [-0.25, -0.2) is 4.79 Å². The fourth-order valence-electron chi connectivity index (χ4n) is 3.81. The third-order valence-electron chi connectivity index (χ3n) is 5.17. The van der Waals surface area contributed by atoms with E-state index in [2.05, 4.69) is 5.32 Å². The Balaban J connectivity index is 1.75. The standard InChI is InChI=1S/C19H25N3O3/c1-14(15-7-3-2-4-8-15)22(16-9-5-6-10-16)18(24)13-21-12-11-17(23)20-19(21)25/h2-4,7-8,14,16H,5-6,9-13H2,1H3,(H,20,23,25)/t14-/m0/s1. The maximum absolute atomic E-state index is 13.1. The molecule has 0 aromatic heterocycles. The molecule has 1 saturated heterocycles. The van der Waals surface area contributed by atoms with E-state index in [-0.39, 0.29) is 36.9 Å². The number of amides is 4. The summed E-state index contributed by atoms with van der Waals surface area (Å²) in [7, 11) is 0. The second-order valence-corrected chi connectivity index (χ2v) is 6.85. The summed E-state index contributed by atoms with van der Waals surface area (Å²) in [6, 6.07) is 9.71. The summed E-state index contributed by atoms with van der Waals surface area (Å²) >= 11 is 0. The molecule has 134 valence electrons. The minimum absolute atomic E-state index is 0.0206. The lowest BCUT2D eigenvalue weighted by Gasteiger charge is -2.37. The molecular formula is C19H25N3O3. The molecule has 0 radical (unpaired) electrons. The Morgan fingerprint density at radius 2 is 1.92 bits per heavy atom. The summed E-state index contributed by atoms with van der Waals surface area (Å²) in [5, 5.41) is 2.28. The van der Waals surface area contributed by atoms with Gasteiger partial charge in [0.25, 0.3) is 0 Å². The van der Waals surface area contributed by atoms with Gasteiger partial charge in [-0.3, -0.25) is 14.9 Å². The van der Waals surface area contributed by atoms with E-state index < -0.39 is 6.03 Å². The highest BCUT2D eigenvalue weighted by Crippen LogP contribution is 2.31. The van der Waals surface area contributed by atoms with Gasteiger partial charge in [-0.1, -0.05) is 43.2 Å². The van der Waals surface area contributed by atoms with Crippen LogP contribution in [0.2, 0.25) is 0 Å². The molecule has 2 aliphatic rings. The van der Waals surface area contributed by atoms with Crippen LogP contribution < -0.4 is 5.32 Å². The largest absolute Gasteiger partial charge is 0.331 e. The highest BCUT2D eigenvalue weighted by molar-refractivity contribution is 5.98. The van der Waals surface area contributed by atoms with Crippen LogP contribution in [0.5, 0.6) is 0 Å². The van der Waals surface area contributed by atoms with E-state index in [4.69, 9.17) is 0 Å². The van der Waals surface area contributed by atoms with Crippen molar-refractivity contribution in [3.63, 3.8) is 0 Å². The van der Waals surface area contributed by atoms with E-state index in [1.165, 1.54) is 4.90 Å². The zero-order chi connectivity index (χ0) is 17.8. The minimum Gasteiger partial charge on any atom is -0.331 e. The van der Waals surface area contributed by atoms with Crippen LogP contribution >= 0.6 is 0 Å². The highest BCUT2D eigenvalue weighted by Gasteiger charge is 2.33. The topological polar surface area (TPSA) is 69.7 Å². The molecule has 6 heteroatoms. The molecule has 1 atom stereocenters. The van der Waals surface area contributed by atoms with E-state index in [9.17, 15) is 14.4 Å². The monoisotopic (exact) mass is 343 g/mol. The van der Waals surface area contributed by atoms with Crippen LogP contribution in [0.15, 0.2) is 30.3 Å². The number of urea groups is 1. The SMILES string of the molecule is C[C@@H](c1ccccc1)N(C(=O)CN1CCC(=O)NC1=O)C1CCCC1. The normalized spacial score (nSPS) is 19.6. The number of benzene rings is 1. The molecule has 1 aromatic rings. The first kappa shape index (κ1) is 17.5. The zero-order valence-electron chi connectivity index (χ0n) is 14.6. The second-order valence-electron chi connectivity index (χ2n) is 6.85. The molecule has 1 aromatic carbocycles. The fourth-order valence-corrected chi connectivity index (χ4v) is 3.81. The second kappa shape index (κ2) is 7.68. The fraction of sp³-hybridized carbons (Fsp3) is 0.526. The van der Waals surface area contributed by atoms with Gasteiger partial charge in [-0.2, -0.15) is 0 Å². The molecule has 25 heavy (non-hydrogen) atoms. The van der Waals surface area contributed by atoms with E-state index in [1.54, 1.807) is 0 Å². The van der Waals surface area contributed by atoms with Crippen molar-refractivity contribution in [3.05, 3.63) is 35.9 Å². The summed E-state index contributed by atoms with van der Waals surface area (Å²) in [5.74, 6) is -0.327. The number of imide groups is 1. The smallest absolute Gasteiger partial charge is 0.324 e.